The zero-order valence-electron chi connectivity index (χ0n) is 6.59. The third-order valence-electron chi connectivity index (χ3n) is 0.698. The third-order valence-corrected chi connectivity index (χ3v) is 0.698. The Balaban J connectivity index is 0. The number of nitrogens with two attached hydrogens (primary N) is 2. The first kappa shape index (κ1) is 13.9. The highest BCUT2D eigenvalue weighted by Gasteiger charge is 2.02. The number of guanidine groups is 2. The highest BCUT2D eigenvalue weighted by molar-refractivity contribution is 5.85. The molecule has 13 heavy (non-hydrogen) atoms. The summed E-state index contributed by atoms with van der Waals surface area (Å²) in [7, 11) is 0. The standard InChI is InChI=1S/C4H10N6O2.ClH/c5-3(6)9-1-2(11)12-10-4(7)8;/h1H2,(H4,5,6,9)(H4,7,8,10);1H. The van der Waals surface area contributed by atoms with Crippen LogP contribution in [-0.4, -0.2) is 24.4 Å². The van der Waals surface area contributed by atoms with E-state index in [4.69, 9.17) is 22.3 Å². The first-order chi connectivity index (χ1) is 5.52. The molecular weight excluding hydrogens is 200 g/mol. The molecule has 0 rings (SSSR count). The fraction of sp³-hybridized carbons (Fsp3) is 0.250. The van der Waals surface area contributed by atoms with Crippen molar-refractivity contribution in [2.24, 2.45) is 11.5 Å². The molecule has 0 bridgehead atoms. The van der Waals surface area contributed by atoms with E-state index in [2.05, 4.69) is 10.2 Å². The van der Waals surface area contributed by atoms with E-state index in [1.807, 2.05) is 5.48 Å². The summed E-state index contributed by atoms with van der Waals surface area (Å²) in [6.07, 6.45) is 0. The van der Waals surface area contributed by atoms with E-state index in [9.17, 15) is 4.79 Å². The molecule has 8 nitrogen and oxygen atoms in total. The van der Waals surface area contributed by atoms with E-state index in [-0.39, 0.29) is 24.9 Å². The number of hydroxylamine groups is 1. The van der Waals surface area contributed by atoms with Crippen molar-refractivity contribution in [1.29, 1.82) is 10.8 Å². The van der Waals surface area contributed by atoms with Crippen LogP contribution in [0.2, 0.25) is 0 Å². The molecule has 9 heteroatoms. The van der Waals surface area contributed by atoms with Crippen molar-refractivity contribution >= 4 is 30.3 Å². The van der Waals surface area contributed by atoms with Gasteiger partial charge in [0.15, 0.2) is 5.96 Å². The van der Waals surface area contributed by atoms with Crippen LogP contribution in [0.4, 0.5) is 0 Å². The zero-order valence-corrected chi connectivity index (χ0v) is 7.40. The molecule has 76 valence electrons. The van der Waals surface area contributed by atoms with Crippen LogP contribution < -0.4 is 22.3 Å². The fourth-order valence-electron chi connectivity index (χ4n) is 0.315. The Morgan fingerprint density at radius 2 is 1.85 bits per heavy atom. The maximum atomic E-state index is 10.6. The van der Waals surface area contributed by atoms with Gasteiger partial charge in [-0.2, -0.15) is 5.48 Å². The molecule has 0 spiro atoms. The Bertz CT molecular complexity index is 187. The number of hydrogen-bond donors (Lipinski definition) is 6. The minimum Gasteiger partial charge on any atom is -0.370 e. The van der Waals surface area contributed by atoms with Gasteiger partial charge in [-0.1, -0.05) is 0 Å². The summed E-state index contributed by atoms with van der Waals surface area (Å²) >= 11 is 0. The smallest absolute Gasteiger partial charge is 0.351 e. The lowest BCUT2D eigenvalue weighted by Gasteiger charge is -2.04. The zero-order chi connectivity index (χ0) is 9.56. The minimum absolute atomic E-state index is 0. The molecule has 0 amide bonds. The van der Waals surface area contributed by atoms with Gasteiger partial charge in [0.25, 0.3) is 0 Å². The van der Waals surface area contributed by atoms with E-state index in [1.165, 1.54) is 0 Å². The SMILES string of the molecule is Cl.N=C(N)NCC(=O)ONC(=N)N. The Hall–Kier alpha value is -1.70. The molecule has 0 atom stereocenters. The fourth-order valence-corrected chi connectivity index (χ4v) is 0.315. The summed E-state index contributed by atoms with van der Waals surface area (Å²) < 4.78 is 0. The van der Waals surface area contributed by atoms with Crippen molar-refractivity contribution in [1.82, 2.24) is 10.8 Å². The predicted octanol–water partition coefficient (Wildman–Crippen LogP) is -2.17. The largest absolute Gasteiger partial charge is 0.370 e. The van der Waals surface area contributed by atoms with E-state index in [1.54, 1.807) is 0 Å². The lowest BCUT2D eigenvalue weighted by Crippen LogP contribution is -2.39. The Kier molecular flexibility index (Phi) is 7.44. The summed E-state index contributed by atoms with van der Waals surface area (Å²) in [5.74, 6) is -1.54. The van der Waals surface area contributed by atoms with Crippen LogP contribution in [0.5, 0.6) is 0 Å². The minimum atomic E-state index is -0.722. The number of hydrogen-bond acceptors (Lipinski definition) is 4. The van der Waals surface area contributed by atoms with Crippen LogP contribution in [-0.2, 0) is 9.63 Å². The molecule has 8 N–H and O–H groups in total. The second kappa shape index (κ2) is 6.98. The van der Waals surface area contributed by atoms with E-state index >= 15 is 0 Å². The molecule has 0 aromatic carbocycles. The molecule has 0 saturated heterocycles. The van der Waals surface area contributed by atoms with Gasteiger partial charge < -0.3 is 21.6 Å². The Morgan fingerprint density at radius 1 is 1.31 bits per heavy atom. The normalized spacial score (nSPS) is 7.69. The summed E-state index contributed by atoms with van der Waals surface area (Å²) in [5.41, 5.74) is 11.5. The van der Waals surface area contributed by atoms with Gasteiger partial charge in [-0.15, -0.1) is 12.4 Å². The van der Waals surface area contributed by atoms with Crippen molar-refractivity contribution in [3.63, 3.8) is 0 Å². The van der Waals surface area contributed by atoms with E-state index < -0.39 is 11.9 Å². The second-order valence-electron chi connectivity index (χ2n) is 1.76. The number of carbonyl (C=O) groups is 1. The lowest BCUT2D eigenvalue weighted by atomic mass is 10.6. The van der Waals surface area contributed by atoms with E-state index in [0.717, 1.165) is 0 Å². The van der Waals surface area contributed by atoms with Crippen LogP contribution >= 0.6 is 12.4 Å². The number of halogens is 1. The van der Waals surface area contributed by atoms with Crippen LogP contribution in [0.3, 0.4) is 0 Å². The van der Waals surface area contributed by atoms with Crippen LogP contribution in [0, 0.1) is 10.8 Å². The third kappa shape index (κ3) is 10.3. The molecule has 0 saturated carbocycles. The Labute approximate surface area is 80.4 Å². The van der Waals surface area contributed by atoms with Crippen LogP contribution in [0.25, 0.3) is 0 Å². The first-order valence-corrected chi connectivity index (χ1v) is 2.90. The lowest BCUT2D eigenvalue weighted by molar-refractivity contribution is -0.146. The highest BCUT2D eigenvalue weighted by atomic mass is 35.5. The van der Waals surface area contributed by atoms with Gasteiger partial charge in [0.05, 0.1) is 0 Å². The molecule has 0 aliphatic heterocycles. The average molecular weight is 211 g/mol. The maximum Gasteiger partial charge on any atom is 0.351 e. The average Bonchev–Trinajstić information content (AvgIpc) is 1.96. The molecule has 0 fully saturated rings. The van der Waals surface area contributed by atoms with Crippen LogP contribution in [0.1, 0.15) is 0 Å². The highest BCUT2D eigenvalue weighted by Crippen LogP contribution is 1.68. The molecule has 0 aromatic rings. The van der Waals surface area contributed by atoms with Gasteiger partial charge in [0.1, 0.15) is 6.54 Å². The summed E-state index contributed by atoms with van der Waals surface area (Å²) in [4.78, 5) is 14.8. The van der Waals surface area contributed by atoms with Crippen molar-refractivity contribution in [3.8, 4) is 0 Å². The molecule has 0 heterocycles. The number of carbonyl (C=O) groups excluding carboxylic acids is 1. The van der Waals surface area contributed by atoms with Gasteiger partial charge in [-0.05, 0) is 0 Å². The maximum absolute atomic E-state index is 10.6. The Morgan fingerprint density at radius 3 is 2.23 bits per heavy atom. The monoisotopic (exact) mass is 210 g/mol. The number of nitrogens with one attached hydrogen (secondary N) is 4. The van der Waals surface area contributed by atoms with Gasteiger partial charge >= 0.3 is 5.97 Å². The summed E-state index contributed by atoms with van der Waals surface area (Å²) in [5, 5.41) is 15.5. The van der Waals surface area contributed by atoms with Crippen molar-refractivity contribution in [3.05, 3.63) is 0 Å². The van der Waals surface area contributed by atoms with Gasteiger partial charge in [-0.25, -0.2) is 4.79 Å². The van der Waals surface area contributed by atoms with Crippen LogP contribution in [0.15, 0.2) is 0 Å². The summed E-state index contributed by atoms with van der Waals surface area (Å²) in [6, 6.07) is 0. The van der Waals surface area contributed by atoms with E-state index in [0.29, 0.717) is 0 Å². The topological polar surface area (TPSA) is 150 Å². The molecule has 0 aromatic heterocycles. The molecule has 0 aliphatic rings. The van der Waals surface area contributed by atoms with Gasteiger partial charge in [0, 0.05) is 0 Å². The quantitative estimate of drug-likeness (QED) is 0.173. The molecule has 0 aliphatic carbocycles. The second-order valence-corrected chi connectivity index (χ2v) is 1.76. The number of rotatable bonds is 2. The molecule has 0 radical (unpaired) electrons. The molecule has 0 unspecified atom stereocenters. The van der Waals surface area contributed by atoms with Gasteiger partial charge in [0.2, 0.25) is 5.96 Å². The predicted molar refractivity (Wildman–Crippen MR) is 48.3 cm³/mol. The first-order valence-electron chi connectivity index (χ1n) is 2.90. The van der Waals surface area contributed by atoms with Crippen molar-refractivity contribution in [2.75, 3.05) is 6.54 Å². The molecular formula is C4H11ClN6O2. The summed E-state index contributed by atoms with van der Waals surface area (Å²) in [6.45, 7) is -0.254. The van der Waals surface area contributed by atoms with Gasteiger partial charge in [-0.3, -0.25) is 10.8 Å². The van der Waals surface area contributed by atoms with Crippen molar-refractivity contribution in [2.45, 2.75) is 0 Å². The van der Waals surface area contributed by atoms with Crippen molar-refractivity contribution < 1.29 is 9.63 Å².